The van der Waals surface area contributed by atoms with Crippen molar-refractivity contribution in [3.63, 3.8) is 0 Å². The van der Waals surface area contributed by atoms with E-state index in [4.69, 9.17) is 4.74 Å². The summed E-state index contributed by atoms with van der Waals surface area (Å²) in [4.78, 5) is 23.3. The van der Waals surface area contributed by atoms with Crippen LogP contribution in [-0.4, -0.2) is 47.2 Å². The van der Waals surface area contributed by atoms with E-state index in [9.17, 15) is 9.18 Å². The summed E-state index contributed by atoms with van der Waals surface area (Å²) < 4.78 is 21.2. The summed E-state index contributed by atoms with van der Waals surface area (Å²) in [7, 11) is 0. The van der Waals surface area contributed by atoms with Gasteiger partial charge in [-0.1, -0.05) is 13.0 Å². The molecule has 3 aliphatic rings. The fourth-order valence-corrected chi connectivity index (χ4v) is 5.83. The first-order chi connectivity index (χ1) is 13.6. The number of hydrogen-bond donors (Lipinski definition) is 1. The summed E-state index contributed by atoms with van der Waals surface area (Å²) >= 11 is 1.44. The number of carbonyl (C=O) groups excluding carboxylic acids is 1. The molecule has 2 bridgehead atoms. The minimum Gasteiger partial charge on any atom is -0.369 e. The lowest BCUT2D eigenvalue weighted by molar-refractivity contribution is 0.0141. The van der Waals surface area contributed by atoms with Gasteiger partial charge in [0, 0.05) is 31.5 Å². The summed E-state index contributed by atoms with van der Waals surface area (Å²) in [5, 5.41) is 4.98. The fraction of sp³-hybridized carbons (Fsp3) is 0.550. The second-order valence-corrected chi connectivity index (χ2v) is 8.86. The highest BCUT2D eigenvalue weighted by molar-refractivity contribution is 7.12. The molecular weight excluding hydrogens is 379 g/mol. The van der Waals surface area contributed by atoms with Gasteiger partial charge >= 0.3 is 0 Å². The Balaban J connectivity index is 1.33. The van der Waals surface area contributed by atoms with Gasteiger partial charge in [-0.05, 0) is 30.7 Å². The molecule has 2 aromatic heterocycles. The van der Waals surface area contributed by atoms with Gasteiger partial charge in [0.2, 0.25) is 0 Å². The van der Waals surface area contributed by atoms with Crippen molar-refractivity contribution in [3.8, 4) is 0 Å². The van der Waals surface area contributed by atoms with E-state index in [-0.39, 0.29) is 35.3 Å². The van der Waals surface area contributed by atoms with Gasteiger partial charge in [0.05, 0.1) is 22.3 Å². The van der Waals surface area contributed by atoms with Crippen LogP contribution in [0.15, 0.2) is 23.8 Å². The number of aryl methyl sites for hydroxylation is 1. The molecular formula is C20H23FN4O2S. The molecule has 6 nitrogen and oxygen atoms in total. The third-order valence-corrected chi connectivity index (χ3v) is 7.37. The van der Waals surface area contributed by atoms with E-state index in [2.05, 4.69) is 15.3 Å². The summed E-state index contributed by atoms with van der Waals surface area (Å²) in [6.07, 6.45) is 4.15. The fourth-order valence-electron chi connectivity index (χ4n) is 5.19. The Morgan fingerprint density at radius 2 is 2.39 bits per heavy atom. The SMILES string of the molecule is CCc1ncnc(N2C[C@@H]3[C@H](CNC(=O)c4cccs4)[C@H]4CC[C@]3(C2)O4)c1F. The minimum absolute atomic E-state index is 0.0314. The van der Waals surface area contributed by atoms with Gasteiger partial charge in [0.1, 0.15) is 6.33 Å². The van der Waals surface area contributed by atoms with Crippen LogP contribution in [-0.2, 0) is 11.2 Å². The summed E-state index contributed by atoms with van der Waals surface area (Å²) in [6.45, 7) is 3.84. The van der Waals surface area contributed by atoms with Crippen LogP contribution in [0.2, 0.25) is 0 Å². The van der Waals surface area contributed by atoms with Crippen molar-refractivity contribution in [1.29, 1.82) is 0 Å². The van der Waals surface area contributed by atoms with Crippen molar-refractivity contribution in [2.45, 2.75) is 37.9 Å². The van der Waals surface area contributed by atoms with Crippen LogP contribution in [0, 0.1) is 17.7 Å². The average Bonchev–Trinajstić information content (AvgIpc) is 3.46. The molecule has 28 heavy (non-hydrogen) atoms. The Hall–Kier alpha value is -2.06. The van der Waals surface area contributed by atoms with Crippen LogP contribution in [0.25, 0.3) is 0 Å². The second kappa shape index (κ2) is 6.77. The first-order valence-electron chi connectivity index (χ1n) is 9.85. The highest BCUT2D eigenvalue weighted by atomic mass is 32.1. The molecule has 5 heterocycles. The Bertz CT molecular complexity index is 892. The molecule has 1 amide bonds. The van der Waals surface area contributed by atoms with Crippen molar-refractivity contribution in [2.24, 2.45) is 11.8 Å². The number of thiophene rings is 1. The summed E-state index contributed by atoms with van der Waals surface area (Å²) in [6, 6.07) is 3.71. The van der Waals surface area contributed by atoms with E-state index in [1.165, 1.54) is 17.7 Å². The van der Waals surface area contributed by atoms with Crippen LogP contribution in [0.1, 0.15) is 35.1 Å². The van der Waals surface area contributed by atoms with Crippen molar-refractivity contribution < 1.29 is 13.9 Å². The quantitative estimate of drug-likeness (QED) is 0.833. The number of hydrogen-bond acceptors (Lipinski definition) is 6. The molecule has 5 rings (SSSR count). The van der Waals surface area contributed by atoms with Gasteiger partial charge in [-0.25, -0.2) is 14.4 Å². The first-order valence-corrected chi connectivity index (χ1v) is 10.7. The Kier molecular flexibility index (Phi) is 4.35. The zero-order valence-electron chi connectivity index (χ0n) is 15.7. The number of nitrogens with zero attached hydrogens (tertiary/aromatic N) is 3. The minimum atomic E-state index is -0.321. The highest BCUT2D eigenvalue weighted by Gasteiger charge is 2.63. The lowest BCUT2D eigenvalue weighted by Crippen LogP contribution is -2.41. The van der Waals surface area contributed by atoms with E-state index in [0.717, 1.165) is 17.7 Å². The molecule has 0 unspecified atom stereocenters. The van der Waals surface area contributed by atoms with Gasteiger partial charge in [0.15, 0.2) is 11.6 Å². The average molecular weight is 402 g/mol. The van der Waals surface area contributed by atoms with Gasteiger partial charge < -0.3 is 15.0 Å². The molecule has 0 aromatic carbocycles. The zero-order chi connectivity index (χ0) is 19.3. The smallest absolute Gasteiger partial charge is 0.261 e. The monoisotopic (exact) mass is 402 g/mol. The number of halogens is 1. The topological polar surface area (TPSA) is 67.4 Å². The number of rotatable bonds is 5. The van der Waals surface area contributed by atoms with Crippen molar-refractivity contribution in [1.82, 2.24) is 15.3 Å². The van der Waals surface area contributed by atoms with Crippen LogP contribution < -0.4 is 10.2 Å². The molecule has 1 spiro atoms. The third-order valence-electron chi connectivity index (χ3n) is 6.50. The molecule has 148 valence electrons. The maximum atomic E-state index is 14.8. The molecule has 3 aliphatic heterocycles. The number of ether oxygens (including phenoxy) is 1. The second-order valence-electron chi connectivity index (χ2n) is 7.91. The predicted octanol–water partition coefficient (Wildman–Crippen LogP) is 2.65. The van der Waals surface area contributed by atoms with Crippen molar-refractivity contribution in [3.05, 3.63) is 40.2 Å². The largest absolute Gasteiger partial charge is 0.369 e. The van der Waals surface area contributed by atoms with Gasteiger partial charge in [-0.15, -0.1) is 11.3 Å². The lowest BCUT2D eigenvalue weighted by atomic mass is 9.73. The van der Waals surface area contributed by atoms with E-state index in [0.29, 0.717) is 37.6 Å². The summed E-state index contributed by atoms with van der Waals surface area (Å²) in [5.41, 5.74) is 0.205. The number of nitrogens with one attached hydrogen (secondary N) is 1. The van der Waals surface area contributed by atoms with Crippen molar-refractivity contribution in [2.75, 3.05) is 24.5 Å². The number of anilines is 1. The van der Waals surface area contributed by atoms with Crippen molar-refractivity contribution >= 4 is 23.1 Å². The lowest BCUT2D eigenvalue weighted by Gasteiger charge is -2.29. The van der Waals surface area contributed by atoms with Crippen LogP contribution in [0.4, 0.5) is 10.2 Å². The van der Waals surface area contributed by atoms with Gasteiger partial charge in [0.25, 0.3) is 5.91 Å². The Morgan fingerprint density at radius 1 is 1.50 bits per heavy atom. The molecule has 0 saturated carbocycles. The molecule has 8 heteroatoms. The molecule has 0 aliphatic carbocycles. The highest BCUT2D eigenvalue weighted by Crippen LogP contribution is 2.55. The number of fused-ring (bicyclic) bond motifs is 1. The van der Waals surface area contributed by atoms with Gasteiger partial charge in [-0.3, -0.25) is 4.79 Å². The van der Waals surface area contributed by atoms with Gasteiger partial charge in [-0.2, -0.15) is 0 Å². The van der Waals surface area contributed by atoms with Crippen LogP contribution >= 0.6 is 11.3 Å². The van der Waals surface area contributed by atoms with E-state index < -0.39 is 0 Å². The van der Waals surface area contributed by atoms with Crippen LogP contribution in [0.3, 0.4) is 0 Å². The first kappa shape index (κ1) is 18.0. The Labute approximate surface area is 167 Å². The standard InChI is InChI=1S/C20H23FN4O2S/c1-2-14-17(21)18(24-11-23-14)25-9-13-12(15-5-6-20(13,10-25)27-15)8-22-19(26)16-4-3-7-28-16/h3-4,7,11-13,15H,2,5-6,8-10H2,1H3,(H,22,26)/t12-,13+,15+,20+/m0/s1. The molecule has 1 N–H and O–H groups in total. The maximum Gasteiger partial charge on any atom is 0.261 e. The molecule has 2 aromatic rings. The molecule has 0 radical (unpaired) electrons. The van der Waals surface area contributed by atoms with E-state index in [1.54, 1.807) is 0 Å². The third kappa shape index (κ3) is 2.73. The number of carbonyl (C=O) groups is 1. The zero-order valence-corrected chi connectivity index (χ0v) is 16.5. The van der Waals surface area contributed by atoms with Crippen LogP contribution in [0.5, 0.6) is 0 Å². The summed E-state index contributed by atoms with van der Waals surface area (Å²) in [5.74, 6) is 0.547. The normalized spacial score (nSPS) is 30.6. The molecule has 3 fully saturated rings. The predicted molar refractivity (Wildman–Crippen MR) is 104 cm³/mol. The maximum absolute atomic E-state index is 14.8. The molecule has 3 saturated heterocycles. The van der Waals surface area contributed by atoms with E-state index in [1.807, 2.05) is 29.3 Å². The number of aromatic nitrogens is 2. The van der Waals surface area contributed by atoms with E-state index >= 15 is 0 Å². The molecule has 4 atom stereocenters. The number of amides is 1. The Morgan fingerprint density at radius 3 is 3.18 bits per heavy atom.